The fraction of sp³-hybridized carbons (Fsp3) is 0.615. The van der Waals surface area contributed by atoms with Crippen molar-refractivity contribution in [2.24, 2.45) is 5.41 Å². The third-order valence-corrected chi connectivity index (χ3v) is 3.92. The number of aromatic nitrogens is 2. The van der Waals surface area contributed by atoms with Crippen LogP contribution >= 0.6 is 0 Å². The summed E-state index contributed by atoms with van der Waals surface area (Å²) in [4.78, 5) is 25.4. The molecule has 1 atom stereocenters. The molecule has 2 N–H and O–H groups in total. The van der Waals surface area contributed by atoms with E-state index in [0.29, 0.717) is 25.1 Å². The van der Waals surface area contributed by atoms with Crippen LogP contribution in [0, 0.1) is 12.3 Å². The van der Waals surface area contributed by atoms with E-state index in [0.717, 1.165) is 12.1 Å². The average molecular weight is 265 g/mol. The molecular formula is C13H19N3O3. The molecule has 1 unspecified atom stereocenters. The number of carboxylic acid groups (broad SMARTS) is 1. The molecule has 0 aromatic carbocycles. The molecule has 0 bridgehead atoms. The topological polar surface area (TPSA) is 86.3 Å². The highest BCUT2D eigenvalue weighted by molar-refractivity contribution is 5.93. The lowest BCUT2D eigenvalue weighted by Crippen LogP contribution is -2.49. The van der Waals surface area contributed by atoms with Gasteiger partial charge in [0, 0.05) is 18.8 Å². The molecule has 1 saturated heterocycles. The number of carboxylic acids is 1. The largest absolute Gasteiger partial charge is 0.481 e. The first-order valence-corrected chi connectivity index (χ1v) is 6.53. The Labute approximate surface area is 111 Å². The lowest BCUT2D eigenvalue weighted by atomic mass is 9.77. The highest BCUT2D eigenvalue weighted by Crippen LogP contribution is 2.34. The Morgan fingerprint density at radius 3 is 2.84 bits per heavy atom. The van der Waals surface area contributed by atoms with Gasteiger partial charge < -0.3 is 10.0 Å². The van der Waals surface area contributed by atoms with Gasteiger partial charge in [0.15, 0.2) is 0 Å². The maximum Gasteiger partial charge on any atom is 0.311 e. The molecule has 0 radical (unpaired) electrons. The second kappa shape index (κ2) is 5.03. The standard InChI is InChI=1S/C13H19N3O3/c1-3-13(12(18)19)5-4-6-16(8-13)11(17)10-7-9(2)14-15-10/h7H,3-6,8H2,1-2H3,(H,14,15)(H,18,19). The Kier molecular flexibility index (Phi) is 3.59. The summed E-state index contributed by atoms with van der Waals surface area (Å²) in [6.07, 6.45) is 1.88. The number of piperidine rings is 1. The van der Waals surface area contributed by atoms with Gasteiger partial charge in [-0.2, -0.15) is 5.10 Å². The van der Waals surface area contributed by atoms with Gasteiger partial charge in [-0.1, -0.05) is 6.92 Å². The molecule has 1 fully saturated rings. The second-order valence-corrected chi connectivity index (χ2v) is 5.21. The van der Waals surface area contributed by atoms with Gasteiger partial charge in [-0.3, -0.25) is 14.7 Å². The molecule has 1 aromatic rings. The Bertz CT molecular complexity index is 497. The predicted molar refractivity (Wildman–Crippen MR) is 68.8 cm³/mol. The van der Waals surface area contributed by atoms with Crippen LogP contribution in [0.15, 0.2) is 6.07 Å². The van der Waals surface area contributed by atoms with Crippen molar-refractivity contribution in [1.29, 1.82) is 0 Å². The number of aryl methyl sites for hydroxylation is 1. The normalized spacial score (nSPS) is 23.4. The molecule has 104 valence electrons. The van der Waals surface area contributed by atoms with Crippen LogP contribution in [0.2, 0.25) is 0 Å². The highest BCUT2D eigenvalue weighted by Gasteiger charge is 2.42. The van der Waals surface area contributed by atoms with E-state index in [9.17, 15) is 14.7 Å². The Morgan fingerprint density at radius 2 is 2.32 bits per heavy atom. The van der Waals surface area contributed by atoms with Crippen molar-refractivity contribution in [3.8, 4) is 0 Å². The summed E-state index contributed by atoms with van der Waals surface area (Å²) >= 11 is 0. The average Bonchev–Trinajstić information content (AvgIpc) is 2.84. The Morgan fingerprint density at radius 1 is 1.58 bits per heavy atom. The van der Waals surface area contributed by atoms with Crippen LogP contribution in [0.3, 0.4) is 0 Å². The van der Waals surface area contributed by atoms with Gasteiger partial charge in [0.05, 0.1) is 5.41 Å². The first-order valence-electron chi connectivity index (χ1n) is 6.53. The summed E-state index contributed by atoms with van der Waals surface area (Å²) in [7, 11) is 0. The fourth-order valence-electron chi connectivity index (χ4n) is 2.61. The molecule has 1 aliphatic heterocycles. The molecule has 0 spiro atoms. The molecule has 0 aliphatic carbocycles. The molecule has 6 nitrogen and oxygen atoms in total. The van der Waals surface area contributed by atoms with Gasteiger partial charge >= 0.3 is 5.97 Å². The van der Waals surface area contributed by atoms with Crippen LogP contribution in [0.5, 0.6) is 0 Å². The first-order chi connectivity index (χ1) is 8.98. The summed E-state index contributed by atoms with van der Waals surface area (Å²) in [5.41, 5.74) is 0.370. The smallest absolute Gasteiger partial charge is 0.311 e. The van der Waals surface area contributed by atoms with E-state index in [1.54, 1.807) is 11.0 Å². The van der Waals surface area contributed by atoms with Crippen molar-refractivity contribution in [3.63, 3.8) is 0 Å². The van der Waals surface area contributed by atoms with E-state index in [1.807, 2.05) is 13.8 Å². The fourth-order valence-corrected chi connectivity index (χ4v) is 2.61. The molecule has 2 rings (SSSR count). The van der Waals surface area contributed by atoms with Crippen molar-refractivity contribution in [1.82, 2.24) is 15.1 Å². The summed E-state index contributed by atoms with van der Waals surface area (Å²) < 4.78 is 0. The van der Waals surface area contributed by atoms with Gasteiger partial charge in [0.2, 0.25) is 0 Å². The van der Waals surface area contributed by atoms with Crippen LogP contribution in [-0.2, 0) is 4.79 Å². The van der Waals surface area contributed by atoms with Gasteiger partial charge in [0.25, 0.3) is 5.91 Å². The highest BCUT2D eigenvalue weighted by atomic mass is 16.4. The predicted octanol–water partition coefficient (Wildman–Crippen LogP) is 1.44. The lowest BCUT2D eigenvalue weighted by molar-refractivity contribution is -0.152. The van der Waals surface area contributed by atoms with Crippen LogP contribution in [-0.4, -0.2) is 45.2 Å². The zero-order chi connectivity index (χ0) is 14.0. The first kappa shape index (κ1) is 13.6. The number of rotatable bonds is 3. The van der Waals surface area contributed by atoms with Crippen LogP contribution in [0.4, 0.5) is 0 Å². The maximum atomic E-state index is 12.3. The summed E-state index contributed by atoms with van der Waals surface area (Å²) in [5, 5.41) is 16.1. The molecule has 6 heteroatoms. The third-order valence-electron chi connectivity index (χ3n) is 3.92. The Hall–Kier alpha value is -1.85. The van der Waals surface area contributed by atoms with Crippen molar-refractivity contribution < 1.29 is 14.7 Å². The number of aliphatic carboxylic acids is 1. The number of nitrogens with one attached hydrogen (secondary N) is 1. The summed E-state index contributed by atoms with van der Waals surface area (Å²) in [6, 6.07) is 1.69. The monoisotopic (exact) mass is 265 g/mol. The van der Waals surface area contributed by atoms with E-state index in [4.69, 9.17) is 0 Å². The maximum absolute atomic E-state index is 12.3. The summed E-state index contributed by atoms with van der Waals surface area (Å²) in [6.45, 7) is 4.55. The minimum atomic E-state index is -0.814. The molecule has 0 saturated carbocycles. The summed E-state index contributed by atoms with van der Waals surface area (Å²) in [5.74, 6) is -1.01. The SMILES string of the molecule is CCC1(C(=O)O)CCCN(C(=O)c2cc(C)[nH]n2)C1. The second-order valence-electron chi connectivity index (χ2n) is 5.21. The van der Waals surface area contributed by atoms with E-state index in [2.05, 4.69) is 10.2 Å². The van der Waals surface area contributed by atoms with E-state index in [-0.39, 0.29) is 12.5 Å². The van der Waals surface area contributed by atoms with E-state index in [1.165, 1.54) is 0 Å². The van der Waals surface area contributed by atoms with Crippen LogP contribution in [0.25, 0.3) is 0 Å². The number of carbonyl (C=O) groups is 2. The quantitative estimate of drug-likeness (QED) is 0.865. The van der Waals surface area contributed by atoms with Crippen molar-refractivity contribution in [2.45, 2.75) is 33.1 Å². The van der Waals surface area contributed by atoms with Crippen molar-refractivity contribution in [3.05, 3.63) is 17.5 Å². The molecule has 1 aliphatic rings. The zero-order valence-electron chi connectivity index (χ0n) is 11.3. The minimum absolute atomic E-state index is 0.192. The number of hydrogen-bond donors (Lipinski definition) is 2. The number of H-pyrrole nitrogens is 1. The molecular weight excluding hydrogens is 246 g/mol. The van der Waals surface area contributed by atoms with Crippen LogP contribution in [0.1, 0.15) is 42.4 Å². The number of carbonyl (C=O) groups excluding carboxylic acids is 1. The van der Waals surface area contributed by atoms with E-state index < -0.39 is 11.4 Å². The Balaban J connectivity index is 2.17. The number of nitrogens with zero attached hydrogens (tertiary/aromatic N) is 2. The zero-order valence-corrected chi connectivity index (χ0v) is 11.3. The molecule has 2 heterocycles. The number of hydrogen-bond acceptors (Lipinski definition) is 3. The molecule has 1 amide bonds. The van der Waals surface area contributed by atoms with Crippen molar-refractivity contribution in [2.75, 3.05) is 13.1 Å². The van der Waals surface area contributed by atoms with Gasteiger partial charge in [-0.15, -0.1) is 0 Å². The third kappa shape index (κ3) is 2.47. The number of likely N-dealkylation sites (tertiary alicyclic amines) is 1. The van der Waals surface area contributed by atoms with Gasteiger partial charge in [0.1, 0.15) is 5.69 Å². The molecule has 1 aromatic heterocycles. The van der Waals surface area contributed by atoms with Gasteiger partial charge in [-0.25, -0.2) is 0 Å². The lowest BCUT2D eigenvalue weighted by Gasteiger charge is -2.39. The van der Waals surface area contributed by atoms with Gasteiger partial charge in [-0.05, 0) is 32.3 Å². The number of amides is 1. The van der Waals surface area contributed by atoms with E-state index >= 15 is 0 Å². The van der Waals surface area contributed by atoms with Crippen molar-refractivity contribution >= 4 is 11.9 Å². The van der Waals surface area contributed by atoms with Crippen LogP contribution < -0.4 is 0 Å². The number of aromatic amines is 1. The molecule has 19 heavy (non-hydrogen) atoms. The minimum Gasteiger partial charge on any atom is -0.481 e.